The number of aryl methyl sites for hydroxylation is 2. The number of benzene rings is 1. The van der Waals surface area contributed by atoms with E-state index in [-0.39, 0.29) is 0 Å². The third-order valence-corrected chi connectivity index (χ3v) is 4.62. The number of hydrogen-bond donors (Lipinski definition) is 1. The number of imidazole rings is 1. The number of hydrogen-bond acceptors (Lipinski definition) is 4. The SMILES string of the molecule is COc1ccc(-c2nc3sc(C(=O)O)c(C)n3c2C)cc1. The van der Waals surface area contributed by atoms with Gasteiger partial charge in [0, 0.05) is 17.0 Å². The lowest BCUT2D eigenvalue weighted by atomic mass is 10.1. The van der Waals surface area contributed by atoms with Crippen LogP contribution in [0.5, 0.6) is 5.75 Å². The predicted octanol–water partition coefficient (Wildman–Crippen LogP) is 3.39. The number of thiazole rings is 1. The Hall–Kier alpha value is -2.34. The number of rotatable bonds is 3. The minimum Gasteiger partial charge on any atom is -0.497 e. The van der Waals surface area contributed by atoms with Gasteiger partial charge in [0.05, 0.1) is 12.8 Å². The van der Waals surface area contributed by atoms with Gasteiger partial charge in [-0.15, -0.1) is 0 Å². The summed E-state index contributed by atoms with van der Waals surface area (Å²) in [6, 6.07) is 7.67. The van der Waals surface area contributed by atoms with Gasteiger partial charge in [-0.2, -0.15) is 0 Å². The molecule has 5 nitrogen and oxygen atoms in total. The molecule has 0 saturated heterocycles. The number of methoxy groups -OCH3 is 1. The molecule has 0 aliphatic rings. The highest BCUT2D eigenvalue weighted by Gasteiger charge is 2.20. The van der Waals surface area contributed by atoms with Gasteiger partial charge in [-0.3, -0.25) is 4.40 Å². The van der Waals surface area contributed by atoms with E-state index in [1.54, 1.807) is 14.0 Å². The van der Waals surface area contributed by atoms with Crippen LogP contribution in [0, 0.1) is 13.8 Å². The van der Waals surface area contributed by atoms with E-state index in [4.69, 9.17) is 4.74 Å². The fourth-order valence-corrected chi connectivity index (χ4v) is 3.44. The summed E-state index contributed by atoms with van der Waals surface area (Å²) in [5.74, 6) is -0.116. The van der Waals surface area contributed by atoms with Crippen molar-refractivity contribution >= 4 is 22.3 Å². The molecule has 0 fully saturated rings. The van der Waals surface area contributed by atoms with Crippen molar-refractivity contribution in [3.63, 3.8) is 0 Å². The number of carboxylic acid groups (broad SMARTS) is 1. The number of carbonyl (C=O) groups is 1. The Balaban J connectivity index is 2.16. The van der Waals surface area contributed by atoms with Gasteiger partial charge in [-0.05, 0) is 38.1 Å². The van der Waals surface area contributed by atoms with Crippen LogP contribution in [0.25, 0.3) is 16.2 Å². The second-order valence-corrected chi connectivity index (χ2v) is 5.69. The standard InChI is InChI=1S/C15H14N2O3S/c1-8-12(10-4-6-11(20-3)7-5-10)16-15-17(8)9(2)13(21-15)14(18)19/h4-7H,1-3H3,(H,18,19). The molecule has 0 unspecified atom stereocenters. The van der Waals surface area contributed by atoms with Crippen LogP contribution < -0.4 is 4.74 Å². The molecule has 0 aliphatic carbocycles. The number of nitrogens with zero attached hydrogens (tertiary/aromatic N) is 2. The third-order valence-electron chi connectivity index (χ3n) is 3.49. The second kappa shape index (κ2) is 4.89. The molecule has 108 valence electrons. The van der Waals surface area contributed by atoms with Gasteiger partial charge in [-0.1, -0.05) is 11.3 Å². The quantitative estimate of drug-likeness (QED) is 0.805. The molecule has 0 amide bonds. The normalized spacial score (nSPS) is 11.0. The first-order chi connectivity index (χ1) is 10.0. The van der Waals surface area contributed by atoms with Gasteiger partial charge >= 0.3 is 5.97 Å². The Kier molecular flexibility index (Phi) is 3.17. The Morgan fingerprint density at radius 1 is 1.24 bits per heavy atom. The molecule has 0 bridgehead atoms. The zero-order valence-corrected chi connectivity index (χ0v) is 12.7. The maximum absolute atomic E-state index is 11.2. The first-order valence-corrected chi connectivity index (χ1v) is 7.20. The van der Waals surface area contributed by atoms with Crippen molar-refractivity contribution in [2.24, 2.45) is 0 Å². The van der Waals surface area contributed by atoms with Crippen LogP contribution in [0.4, 0.5) is 0 Å². The average molecular weight is 302 g/mol. The summed E-state index contributed by atoms with van der Waals surface area (Å²) >= 11 is 1.20. The maximum atomic E-state index is 11.2. The van der Waals surface area contributed by atoms with Crippen LogP contribution in [0.1, 0.15) is 21.1 Å². The number of aromatic carboxylic acids is 1. The molecule has 3 aromatic rings. The fraction of sp³-hybridized carbons (Fsp3) is 0.200. The number of ether oxygens (including phenoxy) is 1. The van der Waals surface area contributed by atoms with Gasteiger partial charge in [0.2, 0.25) is 0 Å². The van der Waals surface area contributed by atoms with Crippen molar-refractivity contribution in [1.82, 2.24) is 9.38 Å². The topological polar surface area (TPSA) is 63.8 Å². The van der Waals surface area contributed by atoms with Crippen LogP contribution in [0.15, 0.2) is 24.3 Å². The van der Waals surface area contributed by atoms with E-state index >= 15 is 0 Å². The van der Waals surface area contributed by atoms with Crippen LogP contribution in [0.2, 0.25) is 0 Å². The van der Waals surface area contributed by atoms with Crippen LogP contribution >= 0.6 is 11.3 Å². The summed E-state index contributed by atoms with van der Waals surface area (Å²) < 4.78 is 7.05. The molecule has 0 saturated carbocycles. The highest BCUT2D eigenvalue weighted by Crippen LogP contribution is 2.31. The largest absolute Gasteiger partial charge is 0.497 e. The lowest BCUT2D eigenvalue weighted by Crippen LogP contribution is -1.98. The van der Waals surface area contributed by atoms with E-state index in [1.165, 1.54) is 11.3 Å². The van der Waals surface area contributed by atoms with Crippen molar-refractivity contribution in [3.05, 3.63) is 40.5 Å². The molecule has 3 rings (SSSR count). The van der Waals surface area contributed by atoms with E-state index < -0.39 is 5.97 Å². The Bertz CT molecular complexity index is 831. The average Bonchev–Trinajstić information content (AvgIpc) is 2.97. The monoisotopic (exact) mass is 302 g/mol. The first kappa shape index (κ1) is 13.6. The molecule has 1 aromatic carbocycles. The van der Waals surface area contributed by atoms with Gasteiger partial charge in [-0.25, -0.2) is 9.78 Å². The lowest BCUT2D eigenvalue weighted by molar-refractivity contribution is 0.0701. The minimum absolute atomic E-state index is 0.335. The zero-order chi connectivity index (χ0) is 15.1. The smallest absolute Gasteiger partial charge is 0.347 e. The Morgan fingerprint density at radius 2 is 1.90 bits per heavy atom. The molecule has 0 aliphatic heterocycles. The lowest BCUT2D eigenvalue weighted by Gasteiger charge is -2.03. The molecule has 0 radical (unpaired) electrons. The van der Waals surface area contributed by atoms with E-state index in [2.05, 4.69) is 4.98 Å². The molecular weight excluding hydrogens is 288 g/mol. The summed E-state index contributed by atoms with van der Waals surface area (Å²) in [6.07, 6.45) is 0. The van der Waals surface area contributed by atoms with E-state index in [0.717, 1.165) is 22.7 Å². The van der Waals surface area contributed by atoms with Gasteiger partial charge in [0.1, 0.15) is 10.6 Å². The van der Waals surface area contributed by atoms with Crippen LogP contribution in [-0.2, 0) is 0 Å². The summed E-state index contributed by atoms with van der Waals surface area (Å²) in [5, 5.41) is 9.18. The highest BCUT2D eigenvalue weighted by atomic mass is 32.1. The van der Waals surface area contributed by atoms with Gasteiger partial charge in [0.15, 0.2) is 4.96 Å². The molecule has 0 atom stereocenters. The Morgan fingerprint density at radius 3 is 2.43 bits per heavy atom. The first-order valence-electron chi connectivity index (χ1n) is 6.39. The van der Waals surface area contributed by atoms with Crippen molar-refractivity contribution in [2.45, 2.75) is 13.8 Å². The molecule has 6 heteroatoms. The summed E-state index contributed by atoms with van der Waals surface area (Å²) in [6.45, 7) is 3.75. The summed E-state index contributed by atoms with van der Waals surface area (Å²) in [7, 11) is 1.63. The molecule has 2 heterocycles. The molecule has 0 spiro atoms. The molecule has 2 aromatic heterocycles. The second-order valence-electron chi connectivity index (χ2n) is 4.71. The minimum atomic E-state index is -0.909. The zero-order valence-electron chi connectivity index (χ0n) is 11.9. The number of carboxylic acids is 1. The predicted molar refractivity (Wildman–Crippen MR) is 81.5 cm³/mol. The Labute approximate surface area is 125 Å². The maximum Gasteiger partial charge on any atom is 0.347 e. The van der Waals surface area contributed by atoms with Crippen molar-refractivity contribution in [1.29, 1.82) is 0 Å². The number of aromatic nitrogens is 2. The summed E-state index contributed by atoms with van der Waals surface area (Å²) in [4.78, 5) is 16.8. The van der Waals surface area contributed by atoms with Crippen LogP contribution in [-0.4, -0.2) is 27.6 Å². The highest BCUT2D eigenvalue weighted by molar-refractivity contribution is 7.19. The van der Waals surface area contributed by atoms with Gasteiger partial charge < -0.3 is 9.84 Å². The van der Waals surface area contributed by atoms with E-state index in [9.17, 15) is 9.90 Å². The van der Waals surface area contributed by atoms with Crippen molar-refractivity contribution in [2.75, 3.05) is 7.11 Å². The molecule has 1 N–H and O–H groups in total. The molecule has 21 heavy (non-hydrogen) atoms. The number of fused-ring (bicyclic) bond motifs is 1. The summed E-state index contributed by atoms with van der Waals surface area (Å²) in [5.41, 5.74) is 3.51. The third kappa shape index (κ3) is 2.08. The van der Waals surface area contributed by atoms with Crippen molar-refractivity contribution in [3.8, 4) is 17.0 Å². The van der Waals surface area contributed by atoms with Gasteiger partial charge in [0.25, 0.3) is 0 Å². The molecular formula is C15H14N2O3S. The van der Waals surface area contributed by atoms with E-state index in [0.29, 0.717) is 15.5 Å². The van der Waals surface area contributed by atoms with Crippen LogP contribution in [0.3, 0.4) is 0 Å². The van der Waals surface area contributed by atoms with E-state index in [1.807, 2.05) is 35.6 Å². The fourth-order valence-electron chi connectivity index (χ4n) is 2.43. The van der Waals surface area contributed by atoms with Crippen molar-refractivity contribution < 1.29 is 14.6 Å².